The number of rotatable bonds is 109. The average molecular weight is 2000 g/mol. The topological polar surface area (TPSA) is 708 Å². The Balaban J connectivity index is 3.59. The van der Waals surface area contributed by atoms with Gasteiger partial charge in [-0.1, -0.05) is 0 Å². The molecule has 0 aliphatic rings. The number of hydrogen-bond acceptors (Lipinski definition) is 49. The van der Waals surface area contributed by atoms with Crippen LogP contribution >= 0.6 is 0 Å². The van der Waals surface area contributed by atoms with E-state index in [9.17, 15) is 96.1 Å². The summed E-state index contributed by atoms with van der Waals surface area (Å²) in [5.74, 6) is -0.610. The van der Waals surface area contributed by atoms with Crippen LogP contribution in [0.5, 0.6) is 0 Å². The van der Waals surface area contributed by atoms with Crippen LogP contribution in [0.25, 0.3) is 0 Å². The third-order valence-electron chi connectivity index (χ3n) is 19.4. The van der Waals surface area contributed by atoms with Gasteiger partial charge in [-0.25, -0.2) is 0 Å². The minimum absolute atomic E-state index is 0.0105. The van der Waals surface area contributed by atoms with Gasteiger partial charge in [0.25, 0.3) is 0 Å². The van der Waals surface area contributed by atoms with Crippen LogP contribution in [0, 0.1) is 0 Å². The van der Waals surface area contributed by atoms with Crippen LogP contribution in [0.4, 0.5) is 0 Å². The van der Waals surface area contributed by atoms with E-state index in [0.717, 1.165) is 0 Å². The Morgan fingerprint density at radius 2 is 0.382 bits per heavy atom. The molecule has 0 aliphatic carbocycles. The zero-order valence-electron chi connectivity index (χ0n) is 79.4. The van der Waals surface area contributed by atoms with Gasteiger partial charge < -0.3 is 226 Å². The standard InChI is InChI=1S/C85H170N4O47/c1-66(94)67(87-77(104)6-11-114-15-19-118-23-27-122-31-35-126-39-43-130-47-51-134-55-57-136-53-49-132-45-41-128-37-33-124-29-25-120-21-17-116-13-9-89(60-70(97)80(107)84(111)74(101)64-92)61-71(98)81(108)85(112)75(102)65-93)4-2-3-7-86-76(103)5-10-113-14-18-117-22-26-121-30-34-125-38-42-129-46-50-133-54-56-135-52-48-131-44-40-127-36-32-123-28-24-119-20-16-115-12-8-88(58-68(95)78(105)82(109)72(99)62-90)59-69(96)79(106)83(110)73(100)63-91/h67-75,78-85,90-93,95-102,105-112H,2-65H2,1H3,(H,86,103)(H,87,104)/t67-,68-,69-,70-,71-,72+,73+,74+,75+,78+,79+,80+,81+,82+,83+,84+,85+/m0/s1. The fraction of sp³-hybridized carbons (Fsp3) is 0.965. The predicted octanol–water partition coefficient (Wildman–Crippen LogP) is -12.1. The predicted molar refractivity (Wildman–Crippen MR) is 476 cm³/mol. The first-order valence-corrected chi connectivity index (χ1v) is 46.6. The van der Waals surface area contributed by atoms with E-state index < -0.39 is 156 Å². The van der Waals surface area contributed by atoms with Crippen LogP contribution in [-0.4, -0.2) is 623 Å². The number of carbonyl (C=O) groups excluding carboxylic acids is 3. The van der Waals surface area contributed by atoms with Crippen LogP contribution in [0.3, 0.4) is 0 Å². The van der Waals surface area contributed by atoms with Gasteiger partial charge in [-0.2, -0.15) is 0 Å². The number of nitrogens with one attached hydrogen (secondary N) is 2. The normalized spacial score (nSPS) is 15.9. The fourth-order valence-electron chi connectivity index (χ4n) is 11.4. The molecule has 0 aromatic heterocycles. The lowest BCUT2D eigenvalue weighted by molar-refractivity contribution is -0.131. The highest BCUT2D eigenvalue weighted by Crippen LogP contribution is 2.15. The van der Waals surface area contributed by atoms with E-state index in [4.69, 9.17) is 134 Å². The van der Waals surface area contributed by atoms with Crippen molar-refractivity contribution in [1.82, 2.24) is 20.4 Å². The summed E-state index contributed by atoms with van der Waals surface area (Å²) in [5.41, 5.74) is 0. The smallest absolute Gasteiger partial charge is 0.222 e. The highest BCUT2D eigenvalue weighted by molar-refractivity contribution is 5.87. The number of aliphatic hydroxyl groups is 20. The van der Waals surface area contributed by atoms with Gasteiger partial charge in [-0.15, -0.1) is 0 Å². The molecule has 0 bridgehead atoms. The first-order valence-electron chi connectivity index (χ1n) is 46.6. The van der Waals surface area contributed by atoms with Gasteiger partial charge in [0.05, 0.1) is 374 Å². The Morgan fingerprint density at radius 3 is 0.559 bits per heavy atom. The molecule has 51 heteroatoms. The second-order valence-corrected chi connectivity index (χ2v) is 30.5. The van der Waals surface area contributed by atoms with E-state index in [2.05, 4.69) is 10.6 Å². The molecule has 22 N–H and O–H groups in total. The molecule has 136 heavy (non-hydrogen) atoms. The summed E-state index contributed by atoms with van der Waals surface area (Å²) in [6.07, 6.45) is -26.9. The lowest BCUT2D eigenvalue weighted by atomic mass is 10.0. The lowest BCUT2D eigenvalue weighted by Crippen LogP contribution is -2.53. The molecular formula is C85H170N4O47. The molecule has 0 aromatic rings. The minimum atomic E-state index is -1.90. The molecule has 812 valence electrons. The highest BCUT2D eigenvalue weighted by atomic mass is 16.6. The Bertz CT molecular complexity index is 2510. The van der Waals surface area contributed by atoms with Gasteiger partial charge in [-0.3, -0.25) is 24.2 Å². The van der Waals surface area contributed by atoms with Gasteiger partial charge in [0, 0.05) is 58.7 Å². The molecule has 2 amide bonds. The van der Waals surface area contributed by atoms with Crippen molar-refractivity contribution in [3.63, 3.8) is 0 Å². The van der Waals surface area contributed by atoms with Crippen molar-refractivity contribution >= 4 is 17.6 Å². The van der Waals surface area contributed by atoms with E-state index >= 15 is 0 Å². The van der Waals surface area contributed by atoms with Crippen molar-refractivity contribution in [2.75, 3.05) is 389 Å². The number of Topliss-reactive ketones (excluding diaryl/α,β-unsaturated/α-hetero) is 1. The van der Waals surface area contributed by atoms with Gasteiger partial charge in [-0.05, 0) is 26.2 Å². The molecule has 0 rings (SSSR count). The Labute approximate surface area is 797 Å². The molecular weight excluding hydrogens is 1830 g/mol. The molecule has 0 radical (unpaired) electrons. The maximum atomic E-state index is 12.5. The van der Waals surface area contributed by atoms with E-state index in [1.54, 1.807) is 0 Å². The largest absolute Gasteiger partial charge is 0.394 e. The Hall–Kier alpha value is -3.23. The molecule has 0 unspecified atom stereocenters. The second-order valence-electron chi connectivity index (χ2n) is 30.5. The van der Waals surface area contributed by atoms with Gasteiger partial charge in [0.2, 0.25) is 11.8 Å². The molecule has 0 heterocycles. The Morgan fingerprint density at radius 1 is 0.221 bits per heavy atom. The van der Waals surface area contributed by atoms with Crippen LogP contribution in [-0.2, 0) is 128 Å². The van der Waals surface area contributed by atoms with Crippen LogP contribution in [0.2, 0.25) is 0 Å². The van der Waals surface area contributed by atoms with Crippen molar-refractivity contribution in [1.29, 1.82) is 0 Å². The van der Waals surface area contributed by atoms with Crippen LogP contribution in [0.15, 0.2) is 0 Å². The van der Waals surface area contributed by atoms with E-state index in [-0.39, 0.29) is 116 Å². The van der Waals surface area contributed by atoms with Gasteiger partial charge in [0.1, 0.15) is 73.2 Å². The van der Waals surface area contributed by atoms with Crippen molar-refractivity contribution in [3.8, 4) is 0 Å². The number of hydrogen-bond donors (Lipinski definition) is 22. The highest BCUT2D eigenvalue weighted by Gasteiger charge is 2.37. The number of amides is 2. The summed E-state index contributed by atoms with van der Waals surface area (Å²) in [7, 11) is 0. The number of ether oxygens (including phenoxy) is 24. The Kier molecular flexibility index (Phi) is 94.3. The SMILES string of the molecule is CC(=O)[C@H](CCCCNC(=O)CCOCCOCCOCCOCCOCCOCCOCCOCCOCCOCCOCCOCCN(C[C@H](O)[C@@H](O)[C@H](O)[C@H](O)CO)C[C@H](O)[C@@H](O)[C@H](O)[C@H](O)CO)NC(=O)CCOCCOCCOCCOCCOCCOCCOCCOCCOCCOCCOCCOCCN(C[C@H](O)[C@@H](O)[C@H](O)[C@H](O)CO)C[C@H](O)[C@@H](O)[C@H](O)[C@H](O)CO. The molecule has 0 aliphatic heterocycles. The van der Waals surface area contributed by atoms with Crippen molar-refractivity contribution in [2.45, 2.75) is 143 Å². The maximum absolute atomic E-state index is 12.5. The summed E-state index contributed by atoms with van der Waals surface area (Å²) < 4.78 is 132. The first kappa shape index (κ1) is 133. The molecule has 51 nitrogen and oxygen atoms in total. The van der Waals surface area contributed by atoms with E-state index in [1.165, 1.54) is 16.7 Å². The molecule has 0 saturated heterocycles. The van der Waals surface area contributed by atoms with Crippen molar-refractivity contribution < 1.29 is 230 Å². The summed E-state index contributed by atoms with van der Waals surface area (Å²) in [4.78, 5) is 39.7. The number of ketones is 1. The maximum Gasteiger partial charge on any atom is 0.222 e. The second kappa shape index (κ2) is 96.6. The van der Waals surface area contributed by atoms with Crippen LogP contribution in [0.1, 0.15) is 39.0 Å². The summed E-state index contributed by atoms with van der Waals surface area (Å²) in [5, 5.41) is 203. The number of carbonyl (C=O) groups is 3. The van der Waals surface area contributed by atoms with Crippen molar-refractivity contribution in [2.24, 2.45) is 0 Å². The minimum Gasteiger partial charge on any atom is -0.394 e. The zero-order valence-corrected chi connectivity index (χ0v) is 79.4. The third kappa shape index (κ3) is 79.2. The van der Waals surface area contributed by atoms with Crippen molar-refractivity contribution in [3.05, 3.63) is 0 Å². The molecule has 0 spiro atoms. The number of unbranched alkanes of at least 4 members (excludes halogenated alkanes) is 1. The zero-order chi connectivity index (χ0) is 100. The lowest BCUT2D eigenvalue weighted by Gasteiger charge is -2.33. The quantitative estimate of drug-likeness (QED) is 0.0251. The molecule has 17 atom stereocenters. The number of nitrogens with zero attached hydrogens (tertiary/aromatic N) is 2. The molecule has 0 saturated carbocycles. The first-order chi connectivity index (χ1) is 65.9. The van der Waals surface area contributed by atoms with E-state index in [0.29, 0.717) is 270 Å². The van der Waals surface area contributed by atoms with E-state index in [1.807, 2.05) is 0 Å². The van der Waals surface area contributed by atoms with Gasteiger partial charge >= 0.3 is 0 Å². The molecule has 0 aromatic carbocycles. The fourth-order valence-corrected chi connectivity index (χ4v) is 11.4. The molecule has 0 fully saturated rings. The number of aliphatic hydroxyl groups excluding tert-OH is 20. The monoisotopic (exact) mass is 2000 g/mol. The summed E-state index contributed by atoms with van der Waals surface area (Å²) >= 11 is 0. The average Bonchev–Trinajstić information content (AvgIpc) is 0.869. The summed E-state index contributed by atoms with van der Waals surface area (Å²) in [6, 6.07) is -0.633. The van der Waals surface area contributed by atoms with Gasteiger partial charge in [0.15, 0.2) is 5.78 Å². The third-order valence-corrected chi connectivity index (χ3v) is 19.4. The summed E-state index contributed by atoms with van der Waals surface area (Å²) in [6.45, 7) is 12.7. The van der Waals surface area contributed by atoms with Crippen LogP contribution < -0.4 is 10.6 Å².